The van der Waals surface area contributed by atoms with Crippen LogP contribution in [0.15, 0.2) is 40.5 Å². The van der Waals surface area contributed by atoms with Crippen molar-refractivity contribution >= 4 is 34.0 Å². The van der Waals surface area contributed by atoms with Crippen molar-refractivity contribution in [3.05, 3.63) is 57.5 Å². The molecule has 1 aromatic carbocycles. The Hall–Kier alpha value is -3.20. The third-order valence-electron chi connectivity index (χ3n) is 4.00. The first-order valence-electron chi connectivity index (χ1n) is 8.22. The topological polar surface area (TPSA) is 98.0 Å². The van der Waals surface area contributed by atoms with Crippen LogP contribution < -0.4 is 16.2 Å². The molecule has 2 heterocycles. The van der Waals surface area contributed by atoms with Crippen LogP contribution in [0.4, 0.5) is 10.8 Å². The van der Waals surface area contributed by atoms with Crippen molar-refractivity contribution in [2.75, 3.05) is 10.6 Å². The molecule has 3 aromatic rings. The van der Waals surface area contributed by atoms with E-state index in [1.54, 1.807) is 24.0 Å². The van der Waals surface area contributed by atoms with Crippen molar-refractivity contribution in [3.63, 3.8) is 0 Å². The first kappa shape index (κ1) is 18.6. The number of hydrogen-bond donors (Lipinski definition) is 2. The van der Waals surface area contributed by atoms with Gasteiger partial charge in [0.15, 0.2) is 5.13 Å². The number of anilines is 2. The number of amides is 2. The minimum Gasteiger partial charge on any atom is -0.320 e. The van der Waals surface area contributed by atoms with Gasteiger partial charge < -0.3 is 10.6 Å². The van der Waals surface area contributed by atoms with Crippen LogP contribution in [0.3, 0.4) is 0 Å². The van der Waals surface area contributed by atoms with E-state index in [2.05, 4.69) is 15.6 Å². The first-order chi connectivity index (χ1) is 12.9. The molecule has 2 amide bonds. The van der Waals surface area contributed by atoms with Crippen molar-refractivity contribution < 1.29 is 9.59 Å². The van der Waals surface area contributed by atoms with Crippen LogP contribution in [-0.4, -0.2) is 26.2 Å². The van der Waals surface area contributed by atoms with Gasteiger partial charge in [-0.3, -0.25) is 19.1 Å². The van der Waals surface area contributed by atoms with E-state index in [1.165, 1.54) is 22.9 Å². The van der Waals surface area contributed by atoms with Crippen molar-refractivity contribution in [3.8, 4) is 5.69 Å². The Kier molecular flexibility index (Phi) is 5.22. The lowest BCUT2D eigenvalue weighted by atomic mass is 10.3. The molecule has 9 heteroatoms. The first-order valence-corrected chi connectivity index (χ1v) is 9.10. The van der Waals surface area contributed by atoms with Gasteiger partial charge in [-0.05, 0) is 19.1 Å². The molecule has 0 aliphatic rings. The molecule has 0 radical (unpaired) electrons. The molecule has 0 aliphatic heterocycles. The molecule has 0 spiro atoms. The molecule has 0 saturated heterocycles. The normalized spacial score (nSPS) is 10.6. The number of thiazole rings is 1. The van der Waals surface area contributed by atoms with E-state index in [0.29, 0.717) is 22.2 Å². The number of benzene rings is 1. The summed E-state index contributed by atoms with van der Waals surface area (Å²) in [6.07, 6.45) is 0.00912. The molecule has 2 aromatic heterocycles. The lowest BCUT2D eigenvalue weighted by Crippen LogP contribution is -2.23. The predicted molar refractivity (Wildman–Crippen MR) is 104 cm³/mol. The number of para-hydroxylation sites is 1. The van der Waals surface area contributed by atoms with E-state index in [4.69, 9.17) is 0 Å². The fourth-order valence-electron chi connectivity index (χ4n) is 2.66. The minimum absolute atomic E-state index is 0.00912. The van der Waals surface area contributed by atoms with E-state index < -0.39 is 0 Å². The summed E-state index contributed by atoms with van der Waals surface area (Å²) in [6.45, 7) is 3.16. The molecule has 27 heavy (non-hydrogen) atoms. The second kappa shape index (κ2) is 7.58. The zero-order valence-electron chi connectivity index (χ0n) is 15.1. The molecule has 140 valence electrons. The predicted octanol–water partition coefficient (Wildman–Crippen LogP) is 2.08. The highest BCUT2D eigenvalue weighted by Gasteiger charge is 2.18. The van der Waals surface area contributed by atoms with Gasteiger partial charge in [0.25, 0.3) is 5.56 Å². The molecule has 3 rings (SSSR count). The largest absolute Gasteiger partial charge is 0.320 e. The van der Waals surface area contributed by atoms with Gasteiger partial charge in [-0.15, -0.1) is 11.3 Å². The van der Waals surface area contributed by atoms with Crippen LogP contribution in [0.2, 0.25) is 0 Å². The molecule has 0 saturated carbocycles. The van der Waals surface area contributed by atoms with Crippen molar-refractivity contribution in [1.82, 2.24) is 14.3 Å². The maximum atomic E-state index is 12.8. The zero-order valence-corrected chi connectivity index (χ0v) is 16.0. The summed E-state index contributed by atoms with van der Waals surface area (Å²) in [7, 11) is 1.76. The summed E-state index contributed by atoms with van der Waals surface area (Å²) >= 11 is 1.24. The maximum absolute atomic E-state index is 12.8. The molecule has 0 aliphatic carbocycles. The second-order valence-corrected chi connectivity index (χ2v) is 6.84. The van der Waals surface area contributed by atoms with Crippen molar-refractivity contribution in [1.29, 1.82) is 0 Å². The van der Waals surface area contributed by atoms with Crippen LogP contribution in [0, 0.1) is 6.92 Å². The lowest BCUT2D eigenvalue weighted by molar-refractivity contribution is -0.116. The summed E-state index contributed by atoms with van der Waals surface area (Å²) in [6, 6.07) is 9.21. The molecule has 0 bridgehead atoms. The SMILES string of the molecule is CC(=O)Nc1nc(CC(=O)Nc2c(C)n(C)n(-c3ccccc3)c2=O)cs1. The van der Waals surface area contributed by atoms with Gasteiger partial charge in [0.1, 0.15) is 5.69 Å². The maximum Gasteiger partial charge on any atom is 0.295 e. The Labute approximate surface area is 159 Å². The zero-order chi connectivity index (χ0) is 19.6. The number of hydrogen-bond acceptors (Lipinski definition) is 5. The molecular formula is C18H19N5O3S. The number of nitrogens with zero attached hydrogens (tertiary/aromatic N) is 3. The number of rotatable bonds is 5. The fraction of sp³-hybridized carbons (Fsp3) is 0.222. The third-order valence-corrected chi connectivity index (χ3v) is 4.80. The Morgan fingerprint density at radius 2 is 1.89 bits per heavy atom. The van der Waals surface area contributed by atoms with Gasteiger partial charge >= 0.3 is 0 Å². The monoisotopic (exact) mass is 385 g/mol. The Morgan fingerprint density at radius 3 is 2.56 bits per heavy atom. The standard InChI is InChI=1S/C18H19N5O3S/c1-11-16(17(26)23(22(11)3)14-7-5-4-6-8-14)21-15(25)9-13-10-27-18(20-13)19-12(2)24/h4-8,10H,9H2,1-3H3,(H,21,25)(H,19,20,24). The Bertz CT molecular complexity index is 1050. The van der Waals surface area contributed by atoms with Gasteiger partial charge in [0.2, 0.25) is 11.8 Å². The molecule has 0 atom stereocenters. The quantitative estimate of drug-likeness (QED) is 0.703. The summed E-state index contributed by atoms with van der Waals surface area (Å²) in [5.74, 6) is -0.567. The van der Waals surface area contributed by atoms with Gasteiger partial charge in [-0.25, -0.2) is 9.67 Å². The van der Waals surface area contributed by atoms with Gasteiger partial charge in [-0.1, -0.05) is 18.2 Å². The molecular weight excluding hydrogens is 366 g/mol. The van der Waals surface area contributed by atoms with E-state index >= 15 is 0 Å². The summed E-state index contributed by atoms with van der Waals surface area (Å²) < 4.78 is 3.20. The molecule has 2 N–H and O–H groups in total. The van der Waals surface area contributed by atoms with Crippen LogP contribution in [0.5, 0.6) is 0 Å². The van der Waals surface area contributed by atoms with E-state index in [1.807, 2.05) is 30.3 Å². The Balaban J connectivity index is 1.80. The number of nitrogens with one attached hydrogen (secondary N) is 2. The lowest BCUT2D eigenvalue weighted by Gasteiger charge is -2.07. The average Bonchev–Trinajstić information content (AvgIpc) is 3.13. The highest BCUT2D eigenvalue weighted by atomic mass is 32.1. The fourth-order valence-corrected chi connectivity index (χ4v) is 3.41. The summed E-state index contributed by atoms with van der Waals surface area (Å²) in [4.78, 5) is 40.4. The summed E-state index contributed by atoms with van der Waals surface area (Å²) in [5.41, 5.74) is 1.83. The smallest absolute Gasteiger partial charge is 0.295 e. The molecule has 0 fully saturated rings. The van der Waals surface area contributed by atoms with Crippen LogP contribution in [-0.2, 0) is 23.1 Å². The highest BCUT2D eigenvalue weighted by Crippen LogP contribution is 2.17. The highest BCUT2D eigenvalue weighted by molar-refractivity contribution is 7.13. The number of carbonyl (C=O) groups is 2. The third kappa shape index (κ3) is 3.98. The Morgan fingerprint density at radius 1 is 1.19 bits per heavy atom. The molecule has 8 nitrogen and oxygen atoms in total. The number of aromatic nitrogens is 3. The van der Waals surface area contributed by atoms with Gasteiger partial charge in [-0.2, -0.15) is 0 Å². The van der Waals surface area contributed by atoms with Gasteiger partial charge in [0.05, 0.1) is 23.5 Å². The molecule has 0 unspecified atom stereocenters. The van der Waals surface area contributed by atoms with E-state index in [-0.39, 0.29) is 29.5 Å². The van der Waals surface area contributed by atoms with E-state index in [0.717, 1.165) is 0 Å². The average molecular weight is 385 g/mol. The van der Waals surface area contributed by atoms with Gasteiger partial charge in [0, 0.05) is 19.4 Å². The van der Waals surface area contributed by atoms with Crippen LogP contribution >= 0.6 is 11.3 Å². The van der Waals surface area contributed by atoms with Crippen LogP contribution in [0.1, 0.15) is 18.3 Å². The van der Waals surface area contributed by atoms with Crippen LogP contribution in [0.25, 0.3) is 5.69 Å². The van der Waals surface area contributed by atoms with E-state index in [9.17, 15) is 14.4 Å². The van der Waals surface area contributed by atoms with Crippen molar-refractivity contribution in [2.45, 2.75) is 20.3 Å². The second-order valence-electron chi connectivity index (χ2n) is 5.99. The summed E-state index contributed by atoms with van der Waals surface area (Å²) in [5, 5.41) is 7.40. The van der Waals surface area contributed by atoms with Crippen molar-refractivity contribution in [2.24, 2.45) is 7.05 Å². The number of carbonyl (C=O) groups excluding carboxylic acids is 2. The minimum atomic E-state index is -0.347.